The Labute approximate surface area is 147 Å². The number of anilines is 1. The number of nitrogens with one attached hydrogen (secondary N) is 1. The zero-order chi connectivity index (χ0) is 17.2. The molecule has 0 fully saturated rings. The first kappa shape index (κ1) is 15.3. The van der Waals surface area contributed by atoms with E-state index in [-0.39, 0.29) is 0 Å². The highest BCUT2D eigenvalue weighted by Crippen LogP contribution is 2.32. The molecular weight excluding hydrogens is 306 g/mol. The number of rotatable bonds is 3. The standard InChI is InChI=1S/C22H19N3/c1-15-14-18-9-4-6-12-20(18)22(16(15)2)24-25-23-21-13-7-10-17-8-3-5-11-19(17)21/h3-14H,1-2H3,(H,23,24). The van der Waals surface area contributed by atoms with Crippen LogP contribution in [0, 0.1) is 13.8 Å². The van der Waals surface area contributed by atoms with Gasteiger partial charge in [0.15, 0.2) is 0 Å². The van der Waals surface area contributed by atoms with Gasteiger partial charge < -0.3 is 0 Å². The summed E-state index contributed by atoms with van der Waals surface area (Å²) in [5, 5.41) is 13.4. The number of nitrogens with zero attached hydrogens (tertiary/aromatic N) is 2. The number of fused-ring (bicyclic) bond motifs is 2. The van der Waals surface area contributed by atoms with Crippen LogP contribution in [0.3, 0.4) is 0 Å². The molecule has 0 aliphatic heterocycles. The minimum absolute atomic E-state index is 0.920. The molecule has 3 nitrogen and oxygen atoms in total. The van der Waals surface area contributed by atoms with E-state index in [4.69, 9.17) is 0 Å². The van der Waals surface area contributed by atoms with E-state index in [9.17, 15) is 0 Å². The molecule has 4 aromatic rings. The second-order valence-electron chi connectivity index (χ2n) is 6.23. The molecule has 3 heteroatoms. The van der Waals surface area contributed by atoms with E-state index in [1.807, 2.05) is 36.4 Å². The first-order valence-electron chi connectivity index (χ1n) is 8.37. The zero-order valence-electron chi connectivity index (χ0n) is 14.3. The van der Waals surface area contributed by atoms with Crippen molar-refractivity contribution >= 4 is 32.9 Å². The highest BCUT2D eigenvalue weighted by Gasteiger charge is 2.07. The third-order valence-electron chi connectivity index (χ3n) is 4.64. The molecule has 0 aromatic heterocycles. The van der Waals surface area contributed by atoms with E-state index in [1.165, 1.54) is 16.3 Å². The lowest BCUT2D eigenvalue weighted by molar-refractivity contribution is 1.13. The van der Waals surface area contributed by atoms with Crippen molar-refractivity contribution in [1.82, 2.24) is 0 Å². The van der Waals surface area contributed by atoms with Crippen molar-refractivity contribution in [2.24, 2.45) is 10.3 Å². The fraction of sp³-hybridized carbons (Fsp3) is 0.0909. The SMILES string of the molecule is Cc1cc2ccccc2c(N=NNc2cccc3ccccc23)c1C. The van der Waals surface area contributed by atoms with Crippen molar-refractivity contribution in [3.8, 4) is 0 Å². The van der Waals surface area contributed by atoms with E-state index in [2.05, 4.69) is 66.0 Å². The molecule has 4 aromatic carbocycles. The monoisotopic (exact) mass is 325 g/mol. The van der Waals surface area contributed by atoms with Crippen molar-refractivity contribution in [1.29, 1.82) is 0 Å². The van der Waals surface area contributed by atoms with Gasteiger partial charge in [-0.2, -0.15) is 0 Å². The third kappa shape index (κ3) is 2.85. The van der Waals surface area contributed by atoms with Crippen LogP contribution in [0.25, 0.3) is 21.5 Å². The predicted molar refractivity (Wildman–Crippen MR) is 106 cm³/mol. The van der Waals surface area contributed by atoms with Crippen LogP contribution in [0.15, 0.2) is 83.1 Å². The van der Waals surface area contributed by atoms with Crippen molar-refractivity contribution in [2.45, 2.75) is 13.8 Å². The molecule has 0 unspecified atom stereocenters. The maximum absolute atomic E-state index is 4.51. The summed E-state index contributed by atoms with van der Waals surface area (Å²) in [5.41, 5.74) is 7.36. The Morgan fingerprint density at radius 2 is 1.40 bits per heavy atom. The first-order chi connectivity index (χ1) is 12.2. The van der Waals surface area contributed by atoms with Crippen molar-refractivity contribution in [3.05, 3.63) is 83.9 Å². The summed E-state index contributed by atoms with van der Waals surface area (Å²) in [6, 6.07) is 24.9. The Morgan fingerprint density at radius 1 is 0.720 bits per heavy atom. The van der Waals surface area contributed by atoms with Gasteiger partial charge in [0.25, 0.3) is 0 Å². The highest BCUT2D eigenvalue weighted by molar-refractivity contribution is 5.95. The molecule has 0 radical (unpaired) electrons. The molecule has 0 heterocycles. The number of benzene rings is 4. The molecule has 0 bridgehead atoms. The van der Waals surface area contributed by atoms with Crippen LogP contribution in [0.5, 0.6) is 0 Å². The second-order valence-corrected chi connectivity index (χ2v) is 6.23. The van der Waals surface area contributed by atoms with Gasteiger partial charge in [-0.25, -0.2) is 0 Å². The van der Waals surface area contributed by atoms with Crippen LogP contribution in [-0.2, 0) is 0 Å². The molecule has 0 spiro atoms. The van der Waals surface area contributed by atoms with Crippen molar-refractivity contribution in [3.63, 3.8) is 0 Å². The van der Waals surface area contributed by atoms with Crippen LogP contribution < -0.4 is 5.43 Å². The maximum Gasteiger partial charge on any atom is 0.0984 e. The molecular formula is C22H19N3. The lowest BCUT2D eigenvalue weighted by Gasteiger charge is -2.09. The van der Waals surface area contributed by atoms with Gasteiger partial charge in [-0.15, -0.1) is 5.11 Å². The third-order valence-corrected chi connectivity index (χ3v) is 4.64. The molecule has 4 rings (SSSR count). The summed E-state index contributed by atoms with van der Waals surface area (Å²) in [7, 11) is 0. The van der Waals surface area contributed by atoms with Gasteiger partial charge in [0.1, 0.15) is 0 Å². The zero-order valence-corrected chi connectivity index (χ0v) is 14.3. The van der Waals surface area contributed by atoms with Crippen molar-refractivity contribution in [2.75, 3.05) is 5.43 Å². The number of hydrogen-bond donors (Lipinski definition) is 1. The summed E-state index contributed by atoms with van der Waals surface area (Å²) < 4.78 is 0. The number of hydrogen-bond acceptors (Lipinski definition) is 2. The molecule has 0 atom stereocenters. The molecule has 0 saturated carbocycles. The topological polar surface area (TPSA) is 36.8 Å². The minimum atomic E-state index is 0.920. The molecule has 0 aliphatic rings. The molecule has 25 heavy (non-hydrogen) atoms. The van der Waals surface area contributed by atoms with Crippen LogP contribution in [0.1, 0.15) is 11.1 Å². The smallest absolute Gasteiger partial charge is 0.0984 e. The Hall–Kier alpha value is -3.20. The van der Waals surface area contributed by atoms with Gasteiger partial charge in [-0.05, 0) is 41.8 Å². The Bertz CT molecular complexity index is 1090. The molecule has 0 saturated heterocycles. The summed E-state index contributed by atoms with van der Waals surface area (Å²) in [4.78, 5) is 0. The summed E-state index contributed by atoms with van der Waals surface area (Å²) in [6.45, 7) is 4.20. The minimum Gasteiger partial charge on any atom is -0.259 e. The lowest BCUT2D eigenvalue weighted by Crippen LogP contribution is -1.89. The number of aryl methyl sites for hydroxylation is 1. The predicted octanol–water partition coefficient (Wildman–Crippen LogP) is 6.72. The van der Waals surface area contributed by atoms with E-state index in [1.54, 1.807) is 0 Å². The van der Waals surface area contributed by atoms with Gasteiger partial charge in [0, 0.05) is 10.8 Å². The second kappa shape index (κ2) is 6.36. The van der Waals surface area contributed by atoms with Gasteiger partial charge in [-0.1, -0.05) is 72.0 Å². The quantitative estimate of drug-likeness (QED) is 0.329. The van der Waals surface area contributed by atoms with Crippen LogP contribution >= 0.6 is 0 Å². The molecule has 122 valence electrons. The summed E-state index contributed by atoms with van der Waals surface area (Å²) in [5.74, 6) is 0. The fourth-order valence-corrected chi connectivity index (χ4v) is 3.15. The Morgan fingerprint density at radius 3 is 2.24 bits per heavy atom. The summed E-state index contributed by atoms with van der Waals surface area (Å²) in [6.07, 6.45) is 0. The Balaban J connectivity index is 1.73. The first-order valence-corrected chi connectivity index (χ1v) is 8.37. The largest absolute Gasteiger partial charge is 0.259 e. The van der Waals surface area contributed by atoms with Gasteiger partial charge in [0.05, 0.1) is 11.4 Å². The molecule has 1 N–H and O–H groups in total. The van der Waals surface area contributed by atoms with Crippen LogP contribution in [-0.4, -0.2) is 0 Å². The lowest BCUT2D eigenvalue weighted by atomic mass is 10.0. The molecule has 0 aliphatic carbocycles. The van der Waals surface area contributed by atoms with E-state index in [0.717, 1.165) is 27.7 Å². The fourth-order valence-electron chi connectivity index (χ4n) is 3.15. The highest BCUT2D eigenvalue weighted by atomic mass is 15.4. The van der Waals surface area contributed by atoms with Crippen LogP contribution in [0.4, 0.5) is 11.4 Å². The average molecular weight is 325 g/mol. The van der Waals surface area contributed by atoms with Crippen molar-refractivity contribution < 1.29 is 0 Å². The maximum atomic E-state index is 4.51. The van der Waals surface area contributed by atoms with E-state index in [0.29, 0.717) is 0 Å². The van der Waals surface area contributed by atoms with Gasteiger partial charge >= 0.3 is 0 Å². The van der Waals surface area contributed by atoms with E-state index >= 15 is 0 Å². The average Bonchev–Trinajstić information content (AvgIpc) is 2.65. The van der Waals surface area contributed by atoms with Gasteiger partial charge in [0.2, 0.25) is 0 Å². The molecule has 0 amide bonds. The van der Waals surface area contributed by atoms with Gasteiger partial charge in [-0.3, -0.25) is 5.43 Å². The van der Waals surface area contributed by atoms with Crippen LogP contribution in [0.2, 0.25) is 0 Å². The normalized spacial score (nSPS) is 11.4. The summed E-state index contributed by atoms with van der Waals surface area (Å²) >= 11 is 0. The Kier molecular flexibility index (Phi) is 3.90. The van der Waals surface area contributed by atoms with E-state index < -0.39 is 0 Å².